The summed E-state index contributed by atoms with van der Waals surface area (Å²) in [6.07, 6.45) is 2.03. The van der Waals surface area contributed by atoms with Crippen LogP contribution in [0.3, 0.4) is 0 Å². The normalized spacial score (nSPS) is 10.6. The summed E-state index contributed by atoms with van der Waals surface area (Å²) < 4.78 is 0. The maximum absolute atomic E-state index is 12.7. The van der Waals surface area contributed by atoms with Crippen LogP contribution in [0, 0.1) is 20.8 Å². The van der Waals surface area contributed by atoms with Crippen LogP contribution in [0.2, 0.25) is 0 Å². The summed E-state index contributed by atoms with van der Waals surface area (Å²) in [6, 6.07) is 7.73. The minimum Gasteiger partial charge on any atom is -0.341 e. The van der Waals surface area contributed by atoms with Gasteiger partial charge in [-0.2, -0.15) is 0 Å². The molecule has 1 heterocycles. The van der Waals surface area contributed by atoms with Gasteiger partial charge in [0, 0.05) is 24.5 Å². The van der Waals surface area contributed by atoms with Crippen molar-refractivity contribution in [3.8, 4) is 0 Å². The van der Waals surface area contributed by atoms with Crippen molar-refractivity contribution in [2.45, 2.75) is 47.5 Å². The largest absolute Gasteiger partial charge is 0.341 e. The molecule has 1 aromatic carbocycles. The van der Waals surface area contributed by atoms with Gasteiger partial charge in [-0.15, -0.1) is 0 Å². The molecule has 0 aliphatic carbocycles. The van der Waals surface area contributed by atoms with E-state index in [-0.39, 0.29) is 5.91 Å². The van der Waals surface area contributed by atoms with E-state index in [9.17, 15) is 4.79 Å². The van der Waals surface area contributed by atoms with Crippen LogP contribution in [-0.2, 0) is 0 Å². The van der Waals surface area contributed by atoms with E-state index in [1.165, 1.54) is 0 Å². The van der Waals surface area contributed by atoms with Crippen molar-refractivity contribution in [2.24, 2.45) is 0 Å². The molecular weight excluding hydrogens is 312 g/mol. The molecule has 0 radical (unpaired) electrons. The molecule has 2 aromatic rings. The van der Waals surface area contributed by atoms with Crippen LogP contribution in [0.1, 0.15) is 54.0 Å². The maximum atomic E-state index is 12.7. The van der Waals surface area contributed by atoms with Gasteiger partial charge in [0.05, 0.1) is 0 Å². The van der Waals surface area contributed by atoms with Crippen molar-refractivity contribution in [3.05, 3.63) is 46.8 Å². The number of aryl methyl sites for hydroxylation is 3. The number of nitrogens with zero attached hydrogens (tertiary/aromatic N) is 3. The summed E-state index contributed by atoms with van der Waals surface area (Å²) >= 11 is 0. The van der Waals surface area contributed by atoms with E-state index in [0.29, 0.717) is 11.6 Å². The van der Waals surface area contributed by atoms with Crippen molar-refractivity contribution in [2.75, 3.05) is 23.3 Å². The Hall–Kier alpha value is -2.43. The Labute approximate surface area is 150 Å². The topological polar surface area (TPSA) is 58.1 Å². The quantitative estimate of drug-likeness (QED) is 0.817. The molecule has 5 nitrogen and oxygen atoms in total. The zero-order chi connectivity index (χ0) is 18.4. The third-order valence-electron chi connectivity index (χ3n) is 3.82. The highest BCUT2D eigenvalue weighted by Crippen LogP contribution is 2.16. The SMILES string of the molecule is CCCN(CCC)c1nc(C)cc(C(=O)Nc2cc(C)cc(C)c2)n1. The molecule has 0 saturated carbocycles. The molecule has 0 bridgehead atoms. The number of aromatic nitrogens is 2. The first kappa shape index (κ1) is 18.9. The number of carbonyl (C=O) groups excluding carboxylic acids is 1. The van der Waals surface area contributed by atoms with E-state index in [1.54, 1.807) is 6.07 Å². The Morgan fingerprint density at radius 2 is 1.56 bits per heavy atom. The highest BCUT2D eigenvalue weighted by atomic mass is 16.1. The summed E-state index contributed by atoms with van der Waals surface area (Å²) in [6.45, 7) is 12.0. The van der Waals surface area contributed by atoms with E-state index in [2.05, 4.69) is 40.1 Å². The third kappa shape index (κ3) is 5.28. The fourth-order valence-electron chi connectivity index (χ4n) is 2.90. The number of rotatable bonds is 7. The maximum Gasteiger partial charge on any atom is 0.274 e. The smallest absolute Gasteiger partial charge is 0.274 e. The average Bonchev–Trinajstić information content (AvgIpc) is 2.53. The predicted octanol–water partition coefficient (Wildman–Crippen LogP) is 4.28. The van der Waals surface area contributed by atoms with Crippen LogP contribution in [0.25, 0.3) is 0 Å². The summed E-state index contributed by atoms with van der Waals surface area (Å²) in [7, 11) is 0. The van der Waals surface area contributed by atoms with Crippen LogP contribution < -0.4 is 10.2 Å². The number of hydrogen-bond donors (Lipinski definition) is 1. The molecular formula is C20H28N4O. The summed E-state index contributed by atoms with van der Waals surface area (Å²) in [5, 5.41) is 2.95. The Morgan fingerprint density at radius 1 is 0.960 bits per heavy atom. The number of benzene rings is 1. The molecule has 0 fully saturated rings. The van der Waals surface area contributed by atoms with Gasteiger partial charge in [0.1, 0.15) is 5.69 Å². The summed E-state index contributed by atoms with van der Waals surface area (Å²) in [5.41, 5.74) is 4.23. The number of nitrogens with one attached hydrogen (secondary N) is 1. The van der Waals surface area contributed by atoms with E-state index < -0.39 is 0 Å². The molecule has 0 aliphatic heterocycles. The van der Waals surface area contributed by atoms with Gasteiger partial charge in [0.15, 0.2) is 0 Å². The summed E-state index contributed by atoms with van der Waals surface area (Å²) in [4.78, 5) is 23.8. The van der Waals surface area contributed by atoms with Crippen molar-refractivity contribution in [1.29, 1.82) is 0 Å². The molecule has 0 aliphatic rings. The Bertz CT molecular complexity index is 716. The number of hydrogen-bond acceptors (Lipinski definition) is 4. The Balaban J connectivity index is 2.27. The standard InChI is InChI=1S/C20H28N4O/c1-6-8-24(9-7-2)20-21-16(5)13-18(23-20)19(25)22-17-11-14(3)10-15(4)12-17/h10-13H,6-9H2,1-5H3,(H,22,25). The highest BCUT2D eigenvalue weighted by molar-refractivity contribution is 6.03. The lowest BCUT2D eigenvalue weighted by Gasteiger charge is -2.22. The first-order chi connectivity index (χ1) is 11.9. The molecule has 1 amide bonds. The van der Waals surface area contributed by atoms with Gasteiger partial charge in [-0.3, -0.25) is 4.79 Å². The fourth-order valence-corrected chi connectivity index (χ4v) is 2.90. The zero-order valence-electron chi connectivity index (χ0n) is 15.9. The molecule has 2 rings (SSSR count). The van der Waals surface area contributed by atoms with E-state index >= 15 is 0 Å². The zero-order valence-corrected chi connectivity index (χ0v) is 15.9. The van der Waals surface area contributed by atoms with Gasteiger partial charge in [-0.25, -0.2) is 9.97 Å². The van der Waals surface area contributed by atoms with Crippen molar-refractivity contribution >= 4 is 17.5 Å². The van der Waals surface area contributed by atoms with Gasteiger partial charge in [-0.05, 0) is 62.9 Å². The second-order valence-electron chi connectivity index (χ2n) is 6.51. The van der Waals surface area contributed by atoms with Crippen LogP contribution in [0.15, 0.2) is 24.3 Å². The molecule has 0 unspecified atom stereocenters. The molecule has 0 spiro atoms. The van der Waals surface area contributed by atoms with E-state index in [1.807, 2.05) is 32.9 Å². The third-order valence-corrected chi connectivity index (χ3v) is 3.82. The van der Waals surface area contributed by atoms with Crippen LogP contribution in [0.4, 0.5) is 11.6 Å². The van der Waals surface area contributed by atoms with Gasteiger partial charge >= 0.3 is 0 Å². The van der Waals surface area contributed by atoms with Crippen LogP contribution in [0.5, 0.6) is 0 Å². The monoisotopic (exact) mass is 340 g/mol. The predicted molar refractivity (Wildman–Crippen MR) is 103 cm³/mol. The fraction of sp³-hybridized carbons (Fsp3) is 0.450. The molecule has 0 saturated heterocycles. The second-order valence-corrected chi connectivity index (χ2v) is 6.51. The highest BCUT2D eigenvalue weighted by Gasteiger charge is 2.15. The lowest BCUT2D eigenvalue weighted by atomic mass is 10.1. The minimum atomic E-state index is -0.204. The Kier molecular flexibility index (Phi) is 6.51. The van der Waals surface area contributed by atoms with Gasteiger partial charge in [0.25, 0.3) is 5.91 Å². The lowest BCUT2D eigenvalue weighted by molar-refractivity contribution is 0.102. The van der Waals surface area contributed by atoms with Crippen molar-refractivity contribution < 1.29 is 4.79 Å². The van der Waals surface area contributed by atoms with Crippen LogP contribution >= 0.6 is 0 Å². The van der Waals surface area contributed by atoms with Crippen LogP contribution in [-0.4, -0.2) is 29.0 Å². The van der Waals surface area contributed by atoms with E-state index in [4.69, 9.17) is 0 Å². The van der Waals surface area contributed by atoms with Gasteiger partial charge in [-0.1, -0.05) is 19.9 Å². The lowest BCUT2D eigenvalue weighted by Crippen LogP contribution is -2.28. The van der Waals surface area contributed by atoms with Gasteiger partial charge < -0.3 is 10.2 Å². The number of carbonyl (C=O) groups is 1. The van der Waals surface area contributed by atoms with Gasteiger partial charge in [0.2, 0.25) is 5.95 Å². The first-order valence-electron chi connectivity index (χ1n) is 8.93. The average molecular weight is 340 g/mol. The number of anilines is 2. The molecule has 25 heavy (non-hydrogen) atoms. The summed E-state index contributed by atoms with van der Waals surface area (Å²) in [5.74, 6) is 0.430. The molecule has 134 valence electrons. The molecule has 5 heteroatoms. The second kappa shape index (κ2) is 8.60. The van der Waals surface area contributed by atoms with E-state index in [0.717, 1.165) is 48.4 Å². The molecule has 0 atom stereocenters. The molecule has 1 aromatic heterocycles. The minimum absolute atomic E-state index is 0.204. The van der Waals surface area contributed by atoms with Crippen molar-refractivity contribution in [3.63, 3.8) is 0 Å². The van der Waals surface area contributed by atoms with Crippen molar-refractivity contribution in [1.82, 2.24) is 9.97 Å². The molecule has 1 N–H and O–H groups in total. The Morgan fingerprint density at radius 3 is 2.12 bits per heavy atom. The number of amides is 1. The first-order valence-corrected chi connectivity index (χ1v) is 8.93.